The molecule has 0 heterocycles. The average Bonchev–Trinajstić information content (AvgIpc) is 2.35. The van der Waals surface area contributed by atoms with Gasteiger partial charge in [-0.25, -0.2) is 0 Å². The Hall–Kier alpha value is -1.40. The molecule has 0 saturated carbocycles. The van der Waals surface area contributed by atoms with Crippen LogP contribution in [0.4, 0.5) is 5.69 Å². The molecule has 0 aliphatic rings. The van der Waals surface area contributed by atoms with Crippen LogP contribution in [0.1, 0.15) is 5.56 Å². The topological polar surface area (TPSA) is 52.4 Å². The second kappa shape index (κ2) is 6.16. The Bertz CT molecular complexity index is 596. The molecule has 2 aromatic rings. The molecule has 19 heavy (non-hydrogen) atoms. The standard InChI is InChI=1S/C13H9Br2NO3/c14-10-5-11(15)7-12(6-10)19-8-9-3-1-2-4-13(9)16(17)18/h1-7H,8H2. The van der Waals surface area contributed by atoms with E-state index in [0.717, 1.165) is 8.95 Å². The minimum atomic E-state index is -0.407. The van der Waals surface area contributed by atoms with E-state index in [1.807, 2.05) is 6.07 Å². The molecular weight excluding hydrogens is 378 g/mol. The summed E-state index contributed by atoms with van der Waals surface area (Å²) in [6, 6.07) is 12.0. The molecule has 0 aromatic heterocycles. The molecule has 2 rings (SSSR count). The quantitative estimate of drug-likeness (QED) is 0.565. The van der Waals surface area contributed by atoms with Crippen LogP contribution in [-0.4, -0.2) is 4.92 Å². The van der Waals surface area contributed by atoms with Crippen molar-refractivity contribution in [2.45, 2.75) is 6.61 Å². The first-order valence-corrected chi connectivity index (χ1v) is 6.96. The zero-order valence-electron chi connectivity index (χ0n) is 9.68. The van der Waals surface area contributed by atoms with Gasteiger partial charge >= 0.3 is 0 Å². The number of nitrogens with zero attached hydrogens (tertiary/aromatic N) is 1. The molecular formula is C13H9Br2NO3. The number of halogens is 2. The molecule has 0 aliphatic heterocycles. The fourth-order valence-electron chi connectivity index (χ4n) is 1.58. The summed E-state index contributed by atoms with van der Waals surface area (Å²) in [6.45, 7) is 0.153. The SMILES string of the molecule is O=[N+]([O-])c1ccccc1COc1cc(Br)cc(Br)c1. The Kier molecular flexibility index (Phi) is 4.55. The van der Waals surface area contributed by atoms with Crippen molar-refractivity contribution in [3.63, 3.8) is 0 Å². The molecule has 0 saturated heterocycles. The van der Waals surface area contributed by atoms with E-state index in [0.29, 0.717) is 11.3 Å². The monoisotopic (exact) mass is 385 g/mol. The lowest BCUT2D eigenvalue weighted by Crippen LogP contribution is -2.00. The Labute approximate surface area is 126 Å². The highest BCUT2D eigenvalue weighted by Gasteiger charge is 2.12. The van der Waals surface area contributed by atoms with Crippen molar-refractivity contribution in [2.24, 2.45) is 0 Å². The second-order valence-electron chi connectivity index (χ2n) is 3.78. The lowest BCUT2D eigenvalue weighted by Gasteiger charge is -2.07. The third kappa shape index (κ3) is 3.78. The van der Waals surface area contributed by atoms with Crippen LogP contribution in [0.5, 0.6) is 5.75 Å². The van der Waals surface area contributed by atoms with Gasteiger partial charge in [0.15, 0.2) is 0 Å². The Morgan fingerprint density at radius 1 is 1.11 bits per heavy atom. The average molecular weight is 387 g/mol. The number of nitro groups is 1. The van der Waals surface area contributed by atoms with Crippen LogP contribution in [0.3, 0.4) is 0 Å². The third-order valence-electron chi connectivity index (χ3n) is 2.42. The van der Waals surface area contributed by atoms with Gasteiger partial charge in [0.25, 0.3) is 5.69 Å². The van der Waals surface area contributed by atoms with Crippen LogP contribution in [0.15, 0.2) is 51.4 Å². The molecule has 0 amide bonds. The van der Waals surface area contributed by atoms with E-state index in [1.165, 1.54) is 6.07 Å². The van der Waals surface area contributed by atoms with E-state index < -0.39 is 4.92 Å². The maximum atomic E-state index is 10.9. The third-order valence-corrected chi connectivity index (χ3v) is 3.33. The van der Waals surface area contributed by atoms with Gasteiger partial charge in [-0.1, -0.05) is 44.0 Å². The van der Waals surface area contributed by atoms with Crippen molar-refractivity contribution in [1.29, 1.82) is 0 Å². The van der Waals surface area contributed by atoms with E-state index >= 15 is 0 Å². The van der Waals surface area contributed by atoms with Crippen molar-refractivity contribution >= 4 is 37.5 Å². The maximum absolute atomic E-state index is 10.9. The zero-order chi connectivity index (χ0) is 13.8. The molecule has 0 bridgehead atoms. The lowest BCUT2D eigenvalue weighted by molar-refractivity contribution is -0.385. The first-order chi connectivity index (χ1) is 9.06. The summed E-state index contributed by atoms with van der Waals surface area (Å²) in [6.07, 6.45) is 0. The van der Waals surface area contributed by atoms with Crippen molar-refractivity contribution in [2.75, 3.05) is 0 Å². The van der Waals surface area contributed by atoms with Gasteiger partial charge < -0.3 is 4.74 Å². The highest BCUT2D eigenvalue weighted by atomic mass is 79.9. The van der Waals surface area contributed by atoms with Gasteiger partial charge in [0.05, 0.1) is 10.5 Å². The van der Waals surface area contributed by atoms with Crippen LogP contribution >= 0.6 is 31.9 Å². The van der Waals surface area contributed by atoms with Crippen LogP contribution in [0.2, 0.25) is 0 Å². The van der Waals surface area contributed by atoms with E-state index in [9.17, 15) is 10.1 Å². The largest absolute Gasteiger partial charge is 0.489 e. The first kappa shape index (κ1) is 14.0. The number of nitro benzene ring substituents is 1. The highest BCUT2D eigenvalue weighted by molar-refractivity contribution is 9.11. The second-order valence-corrected chi connectivity index (χ2v) is 5.61. The van der Waals surface area contributed by atoms with Crippen LogP contribution < -0.4 is 4.74 Å². The van der Waals surface area contributed by atoms with Gasteiger partial charge in [0, 0.05) is 15.0 Å². The molecule has 0 spiro atoms. The van der Waals surface area contributed by atoms with Crippen molar-refractivity contribution in [3.8, 4) is 5.75 Å². The fraction of sp³-hybridized carbons (Fsp3) is 0.0769. The van der Waals surface area contributed by atoms with Crippen molar-refractivity contribution in [3.05, 3.63) is 67.1 Å². The summed E-state index contributed by atoms with van der Waals surface area (Å²) in [4.78, 5) is 10.5. The summed E-state index contributed by atoms with van der Waals surface area (Å²) < 4.78 is 7.33. The van der Waals surface area contributed by atoms with E-state index in [1.54, 1.807) is 30.3 Å². The first-order valence-electron chi connectivity index (χ1n) is 5.37. The summed E-state index contributed by atoms with van der Waals surface area (Å²) in [5, 5.41) is 10.9. The van der Waals surface area contributed by atoms with Gasteiger partial charge in [0.2, 0.25) is 0 Å². The van der Waals surface area contributed by atoms with Crippen LogP contribution in [0.25, 0.3) is 0 Å². The lowest BCUT2D eigenvalue weighted by atomic mass is 10.2. The number of para-hydroxylation sites is 1. The molecule has 2 aromatic carbocycles. The van der Waals surface area contributed by atoms with Gasteiger partial charge in [-0.05, 0) is 24.3 Å². The fourth-order valence-corrected chi connectivity index (χ4v) is 2.84. The molecule has 0 aliphatic carbocycles. The van der Waals surface area contributed by atoms with E-state index in [4.69, 9.17) is 4.74 Å². The van der Waals surface area contributed by atoms with Gasteiger partial charge in [-0.2, -0.15) is 0 Å². The van der Waals surface area contributed by atoms with Gasteiger partial charge in [0.1, 0.15) is 12.4 Å². The highest BCUT2D eigenvalue weighted by Crippen LogP contribution is 2.26. The number of ether oxygens (including phenoxy) is 1. The predicted molar refractivity (Wildman–Crippen MR) is 79.3 cm³/mol. The molecule has 98 valence electrons. The normalized spacial score (nSPS) is 10.2. The zero-order valence-corrected chi connectivity index (χ0v) is 12.8. The molecule has 0 radical (unpaired) electrons. The predicted octanol–water partition coefficient (Wildman–Crippen LogP) is 4.70. The summed E-state index contributed by atoms with van der Waals surface area (Å²) in [7, 11) is 0. The molecule has 0 atom stereocenters. The van der Waals surface area contributed by atoms with E-state index in [-0.39, 0.29) is 12.3 Å². The molecule has 4 nitrogen and oxygen atoms in total. The smallest absolute Gasteiger partial charge is 0.276 e. The summed E-state index contributed by atoms with van der Waals surface area (Å²) in [5.41, 5.74) is 0.611. The number of hydrogen-bond acceptors (Lipinski definition) is 3. The molecule has 0 N–H and O–H groups in total. The molecule has 0 fully saturated rings. The minimum absolute atomic E-state index is 0.0663. The van der Waals surface area contributed by atoms with Gasteiger partial charge in [-0.15, -0.1) is 0 Å². The van der Waals surface area contributed by atoms with Gasteiger partial charge in [-0.3, -0.25) is 10.1 Å². The Balaban J connectivity index is 2.16. The summed E-state index contributed by atoms with van der Waals surface area (Å²) in [5.74, 6) is 0.638. The van der Waals surface area contributed by atoms with Crippen LogP contribution in [-0.2, 0) is 6.61 Å². The number of rotatable bonds is 4. The molecule has 0 unspecified atom stereocenters. The maximum Gasteiger partial charge on any atom is 0.276 e. The number of hydrogen-bond donors (Lipinski definition) is 0. The van der Waals surface area contributed by atoms with Crippen molar-refractivity contribution in [1.82, 2.24) is 0 Å². The van der Waals surface area contributed by atoms with Crippen molar-refractivity contribution < 1.29 is 9.66 Å². The Morgan fingerprint density at radius 2 is 1.74 bits per heavy atom. The van der Waals surface area contributed by atoms with E-state index in [2.05, 4.69) is 31.9 Å². The minimum Gasteiger partial charge on any atom is -0.489 e. The van der Waals surface area contributed by atoms with Crippen LogP contribution in [0, 0.1) is 10.1 Å². The molecule has 6 heteroatoms. The summed E-state index contributed by atoms with van der Waals surface area (Å²) >= 11 is 6.72. The Morgan fingerprint density at radius 3 is 2.37 bits per heavy atom. The number of benzene rings is 2.